The highest BCUT2D eigenvalue weighted by Gasteiger charge is 2.12. The standard InChI is InChI=1S/C19H20F2N2O4S/c1-14-6-9-16(10-7-14)28(25,26)23-13-12-22-18(24)11-8-15-4-2-3-5-17(15)27-19(20)21/h2-11,19,23H,12-13H2,1H3,(H,22,24). The van der Waals surface area contributed by atoms with Crippen LogP contribution in [0.2, 0.25) is 0 Å². The highest BCUT2D eigenvalue weighted by molar-refractivity contribution is 7.89. The molecule has 0 saturated heterocycles. The number of benzene rings is 2. The second-order valence-corrected chi connectivity index (χ2v) is 7.52. The van der Waals surface area contributed by atoms with Gasteiger partial charge in [0, 0.05) is 24.7 Å². The molecule has 2 N–H and O–H groups in total. The second-order valence-electron chi connectivity index (χ2n) is 5.75. The predicted molar refractivity (Wildman–Crippen MR) is 101 cm³/mol. The summed E-state index contributed by atoms with van der Waals surface area (Å²) in [5.74, 6) is -0.547. The molecule has 0 atom stereocenters. The first-order valence-corrected chi connectivity index (χ1v) is 9.82. The molecule has 0 unspecified atom stereocenters. The smallest absolute Gasteiger partial charge is 0.387 e. The molecule has 150 valence electrons. The van der Waals surface area contributed by atoms with Crippen LogP contribution in [-0.4, -0.2) is 34.0 Å². The molecular formula is C19H20F2N2O4S. The number of aryl methyl sites for hydroxylation is 1. The topological polar surface area (TPSA) is 84.5 Å². The Bertz CT molecular complexity index is 929. The third kappa shape index (κ3) is 6.75. The summed E-state index contributed by atoms with van der Waals surface area (Å²) in [7, 11) is -3.65. The number of nitrogens with one attached hydrogen (secondary N) is 2. The fourth-order valence-electron chi connectivity index (χ4n) is 2.22. The Morgan fingerprint density at radius 3 is 2.46 bits per heavy atom. The lowest BCUT2D eigenvalue weighted by atomic mass is 10.2. The Hall–Kier alpha value is -2.78. The number of alkyl halides is 2. The maximum absolute atomic E-state index is 12.4. The first-order valence-electron chi connectivity index (χ1n) is 8.34. The molecule has 1 amide bonds. The van der Waals surface area contributed by atoms with E-state index in [4.69, 9.17) is 0 Å². The maximum Gasteiger partial charge on any atom is 0.387 e. The monoisotopic (exact) mass is 410 g/mol. The van der Waals surface area contributed by atoms with Gasteiger partial charge in [-0.25, -0.2) is 13.1 Å². The van der Waals surface area contributed by atoms with Crippen molar-refractivity contribution in [1.82, 2.24) is 10.0 Å². The van der Waals surface area contributed by atoms with Crippen molar-refractivity contribution in [3.63, 3.8) is 0 Å². The van der Waals surface area contributed by atoms with Gasteiger partial charge in [-0.1, -0.05) is 35.9 Å². The summed E-state index contributed by atoms with van der Waals surface area (Å²) in [5.41, 5.74) is 1.26. The van der Waals surface area contributed by atoms with Gasteiger partial charge in [-0.15, -0.1) is 0 Å². The Kier molecular flexibility index (Phi) is 7.65. The van der Waals surface area contributed by atoms with E-state index in [2.05, 4.69) is 14.8 Å². The molecule has 9 heteroatoms. The molecule has 28 heavy (non-hydrogen) atoms. The van der Waals surface area contributed by atoms with Crippen LogP contribution in [0, 0.1) is 6.92 Å². The lowest BCUT2D eigenvalue weighted by Gasteiger charge is -2.08. The van der Waals surface area contributed by atoms with E-state index < -0.39 is 22.5 Å². The van der Waals surface area contributed by atoms with Gasteiger partial charge in [0.2, 0.25) is 15.9 Å². The molecule has 0 fully saturated rings. The van der Waals surface area contributed by atoms with Crippen LogP contribution in [-0.2, 0) is 14.8 Å². The van der Waals surface area contributed by atoms with Gasteiger partial charge < -0.3 is 10.1 Å². The van der Waals surface area contributed by atoms with Gasteiger partial charge in [-0.2, -0.15) is 8.78 Å². The number of hydrogen-bond acceptors (Lipinski definition) is 4. The lowest BCUT2D eigenvalue weighted by molar-refractivity contribution is -0.116. The number of rotatable bonds is 9. The summed E-state index contributed by atoms with van der Waals surface area (Å²) in [5, 5.41) is 2.50. The largest absolute Gasteiger partial charge is 0.434 e. The van der Waals surface area contributed by atoms with Crippen molar-refractivity contribution < 1.29 is 26.7 Å². The summed E-state index contributed by atoms with van der Waals surface area (Å²) >= 11 is 0. The molecule has 6 nitrogen and oxygen atoms in total. The van der Waals surface area contributed by atoms with Crippen LogP contribution in [0.25, 0.3) is 6.08 Å². The Balaban J connectivity index is 1.83. The van der Waals surface area contributed by atoms with E-state index in [9.17, 15) is 22.0 Å². The van der Waals surface area contributed by atoms with Gasteiger partial charge in [0.25, 0.3) is 0 Å². The average Bonchev–Trinajstić information content (AvgIpc) is 2.64. The summed E-state index contributed by atoms with van der Waals surface area (Å²) in [4.78, 5) is 12.0. The number of para-hydroxylation sites is 1. The van der Waals surface area contributed by atoms with Crippen molar-refractivity contribution in [2.24, 2.45) is 0 Å². The van der Waals surface area contributed by atoms with E-state index in [0.717, 1.165) is 11.6 Å². The van der Waals surface area contributed by atoms with Crippen molar-refractivity contribution >= 4 is 22.0 Å². The van der Waals surface area contributed by atoms with Crippen molar-refractivity contribution in [1.29, 1.82) is 0 Å². The van der Waals surface area contributed by atoms with Crippen LogP contribution >= 0.6 is 0 Å². The van der Waals surface area contributed by atoms with Gasteiger partial charge in [0.1, 0.15) is 5.75 Å². The van der Waals surface area contributed by atoms with Crippen molar-refractivity contribution in [3.8, 4) is 5.75 Å². The number of ether oxygens (including phenoxy) is 1. The van der Waals surface area contributed by atoms with Gasteiger partial charge in [0.15, 0.2) is 0 Å². The third-order valence-corrected chi connectivity index (χ3v) is 5.07. The summed E-state index contributed by atoms with van der Waals surface area (Å²) < 4.78 is 55.7. The molecule has 2 aromatic rings. The normalized spacial score (nSPS) is 11.7. The Labute approximate surface area is 162 Å². The van der Waals surface area contributed by atoms with Gasteiger partial charge in [-0.05, 0) is 31.2 Å². The minimum absolute atomic E-state index is 0.000863. The first-order chi connectivity index (χ1) is 13.3. The zero-order valence-corrected chi connectivity index (χ0v) is 15.9. The highest BCUT2D eigenvalue weighted by atomic mass is 32.2. The second kappa shape index (κ2) is 9.95. The van der Waals surface area contributed by atoms with Gasteiger partial charge in [0.05, 0.1) is 4.90 Å². The molecule has 0 radical (unpaired) electrons. The fraction of sp³-hybridized carbons (Fsp3) is 0.211. The van der Waals surface area contributed by atoms with Gasteiger partial charge in [-0.3, -0.25) is 4.79 Å². The first kappa shape index (κ1) is 21.5. The highest BCUT2D eigenvalue weighted by Crippen LogP contribution is 2.21. The minimum Gasteiger partial charge on any atom is -0.434 e. The molecule has 0 heterocycles. The molecule has 2 rings (SSSR count). The molecule has 0 aliphatic carbocycles. The van der Waals surface area contributed by atoms with Gasteiger partial charge >= 0.3 is 6.61 Å². The minimum atomic E-state index is -3.65. The van der Waals surface area contributed by atoms with Crippen LogP contribution < -0.4 is 14.8 Å². The lowest BCUT2D eigenvalue weighted by Crippen LogP contribution is -2.34. The number of carbonyl (C=O) groups is 1. The number of hydrogen-bond donors (Lipinski definition) is 2. The summed E-state index contributed by atoms with van der Waals surface area (Å²) in [6.45, 7) is -1.06. The molecule has 0 aliphatic heterocycles. The molecule has 0 spiro atoms. The Morgan fingerprint density at radius 1 is 1.11 bits per heavy atom. The fourth-order valence-corrected chi connectivity index (χ4v) is 3.25. The van der Waals surface area contributed by atoms with Crippen LogP contribution in [0.4, 0.5) is 8.78 Å². The van der Waals surface area contributed by atoms with E-state index in [1.807, 2.05) is 6.92 Å². The van der Waals surface area contributed by atoms with Crippen LogP contribution in [0.5, 0.6) is 5.75 Å². The molecule has 2 aromatic carbocycles. The zero-order chi connectivity index (χ0) is 20.6. The quantitative estimate of drug-likeness (QED) is 0.492. The molecule has 0 aromatic heterocycles. The molecule has 0 aliphatic rings. The summed E-state index contributed by atoms with van der Waals surface area (Å²) in [6, 6.07) is 12.4. The molecular weight excluding hydrogens is 390 g/mol. The Morgan fingerprint density at radius 2 is 1.79 bits per heavy atom. The number of sulfonamides is 1. The molecule has 0 saturated carbocycles. The van der Waals surface area contributed by atoms with Crippen LogP contribution in [0.1, 0.15) is 11.1 Å². The van der Waals surface area contributed by atoms with Crippen molar-refractivity contribution in [2.45, 2.75) is 18.4 Å². The molecule has 0 bridgehead atoms. The number of carbonyl (C=O) groups excluding carboxylic acids is 1. The van der Waals surface area contributed by atoms with E-state index in [1.54, 1.807) is 18.2 Å². The average molecular weight is 410 g/mol. The maximum atomic E-state index is 12.4. The van der Waals surface area contributed by atoms with E-state index in [-0.39, 0.29) is 23.7 Å². The zero-order valence-electron chi connectivity index (χ0n) is 15.1. The third-order valence-electron chi connectivity index (χ3n) is 3.60. The van der Waals surface area contributed by atoms with Crippen molar-refractivity contribution in [3.05, 3.63) is 65.7 Å². The number of halogens is 2. The van der Waals surface area contributed by atoms with Crippen molar-refractivity contribution in [2.75, 3.05) is 13.1 Å². The number of amides is 1. The van der Waals surface area contributed by atoms with E-state index >= 15 is 0 Å². The summed E-state index contributed by atoms with van der Waals surface area (Å²) in [6.07, 6.45) is 2.49. The van der Waals surface area contributed by atoms with Crippen LogP contribution in [0.3, 0.4) is 0 Å². The predicted octanol–water partition coefficient (Wildman–Crippen LogP) is 2.70. The van der Waals surface area contributed by atoms with Crippen LogP contribution in [0.15, 0.2) is 59.5 Å². The SMILES string of the molecule is Cc1ccc(S(=O)(=O)NCCNC(=O)C=Cc2ccccc2OC(F)F)cc1. The van der Waals surface area contributed by atoms with E-state index in [1.165, 1.54) is 36.4 Å². The van der Waals surface area contributed by atoms with E-state index in [0.29, 0.717) is 5.56 Å².